The molecule has 0 spiro atoms. The maximum Gasteiger partial charge on any atom is 0.0123 e. The van der Waals surface area contributed by atoms with Gasteiger partial charge < -0.3 is 4.90 Å². The molecule has 6 fully saturated rings. The Labute approximate surface area is 175 Å². The van der Waals surface area contributed by atoms with Crippen LogP contribution in [0, 0.1) is 29.1 Å². The van der Waals surface area contributed by atoms with Crippen LogP contribution in [0.15, 0.2) is 0 Å². The van der Waals surface area contributed by atoms with E-state index in [-0.39, 0.29) is 0 Å². The molecular weight excluding hydrogens is 338 g/mol. The van der Waals surface area contributed by atoms with E-state index < -0.39 is 0 Å². The third-order valence-corrected chi connectivity index (χ3v) is 9.93. The van der Waals surface area contributed by atoms with Crippen LogP contribution in [-0.4, -0.2) is 24.0 Å². The lowest BCUT2D eigenvalue weighted by Gasteiger charge is -2.57. The summed E-state index contributed by atoms with van der Waals surface area (Å²) in [6.45, 7) is 2.82. The van der Waals surface area contributed by atoms with Crippen LogP contribution in [0.4, 0.5) is 0 Å². The number of piperidine rings is 1. The predicted octanol–water partition coefficient (Wildman–Crippen LogP) is 7.59. The van der Waals surface area contributed by atoms with Gasteiger partial charge in [0, 0.05) is 6.04 Å². The average Bonchev–Trinajstić information content (AvgIpc) is 2.69. The smallest absolute Gasteiger partial charge is 0.0123 e. The summed E-state index contributed by atoms with van der Waals surface area (Å²) in [5.41, 5.74) is 0.833. The molecule has 5 saturated carbocycles. The Hall–Kier alpha value is -0.0400. The Morgan fingerprint density at radius 1 is 0.643 bits per heavy atom. The van der Waals surface area contributed by atoms with Crippen molar-refractivity contribution in [2.24, 2.45) is 29.1 Å². The number of fused-ring (bicyclic) bond motifs is 1. The molecule has 2 atom stereocenters. The van der Waals surface area contributed by atoms with Crippen LogP contribution in [0.1, 0.15) is 122 Å². The van der Waals surface area contributed by atoms with Crippen LogP contribution < -0.4 is 0 Å². The molecule has 0 aromatic heterocycles. The van der Waals surface area contributed by atoms with E-state index in [1.54, 1.807) is 51.4 Å². The topological polar surface area (TPSA) is 3.24 Å². The predicted molar refractivity (Wildman–Crippen MR) is 119 cm³/mol. The maximum absolute atomic E-state index is 2.90. The van der Waals surface area contributed by atoms with Gasteiger partial charge in [-0.15, -0.1) is 0 Å². The van der Waals surface area contributed by atoms with Crippen LogP contribution in [-0.2, 0) is 0 Å². The summed E-state index contributed by atoms with van der Waals surface area (Å²) in [7, 11) is 0. The van der Waals surface area contributed by atoms with Crippen molar-refractivity contribution in [2.45, 2.75) is 128 Å². The molecule has 1 aliphatic heterocycles. The van der Waals surface area contributed by atoms with Gasteiger partial charge in [-0.05, 0) is 119 Å². The fraction of sp³-hybridized carbons (Fsp3) is 1.00. The molecule has 28 heavy (non-hydrogen) atoms. The van der Waals surface area contributed by atoms with Gasteiger partial charge in [0.15, 0.2) is 0 Å². The Balaban J connectivity index is 0.936. The summed E-state index contributed by atoms with van der Waals surface area (Å²) in [5, 5.41) is 0. The highest BCUT2D eigenvalue weighted by Gasteiger charge is 2.50. The molecule has 0 amide bonds. The second-order valence-electron chi connectivity index (χ2n) is 12.1. The molecular formula is C27H47N. The lowest BCUT2D eigenvalue weighted by molar-refractivity contribution is -0.0583. The lowest BCUT2D eigenvalue weighted by atomic mass is 9.48. The van der Waals surface area contributed by atoms with Gasteiger partial charge >= 0.3 is 0 Å². The third-order valence-electron chi connectivity index (χ3n) is 9.93. The van der Waals surface area contributed by atoms with Crippen molar-refractivity contribution in [1.29, 1.82) is 0 Å². The maximum atomic E-state index is 2.90. The van der Waals surface area contributed by atoms with Crippen molar-refractivity contribution < 1.29 is 0 Å². The molecule has 0 aromatic carbocycles. The summed E-state index contributed by atoms with van der Waals surface area (Å²) in [6, 6.07) is 0.975. The molecule has 6 aliphatic rings. The fourth-order valence-corrected chi connectivity index (χ4v) is 9.12. The molecule has 1 heterocycles. The van der Waals surface area contributed by atoms with Gasteiger partial charge in [0.2, 0.25) is 0 Å². The minimum atomic E-state index is 0.833. The van der Waals surface area contributed by atoms with Crippen LogP contribution in [0.25, 0.3) is 0 Å². The van der Waals surface area contributed by atoms with E-state index in [1.165, 1.54) is 83.7 Å². The van der Waals surface area contributed by atoms with E-state index in [1.807, 2.05) is 0 Å². The number of hydrogen-bond acceptors (Lipinski definition) is 1. The highest BCUT2D eigenvalue weighted by molar-refractivity contribution is 5.01. The minimum Gasteiger partial charge on any atom is -0.300 e. The second-order valence-corrected chi connectivity index (χ2v) is 12.1. The van der Waals surface area contributed by atoms with Crippen LogP contribution in [0.5, 0.6) is 0 Å². The first-order chi connectivity index (χ1) is 13.8. The number of nitrogens with zero attached hydrogens (tertiary/aromatic N) is 1. The van der Waals surface area contributed by atoms with Crippen LogP contribution in [0.2, 0.25) is 0 Å². The zero-order valence-electron chi connectivity index (χ0n) is 18.7. The monoisotopic (exact) mass is 385 g/mol. The molecule has 0 aromatic rings. The molecule has 6 rings (SSSR count). The first-order valence-electron chi connectivity index (χ1n) is 13.5. The van der Waals surface area contributed by atoms with E-state index in [2.05, 4.69) is 4.90 Å². The third kappa shape index (κ3) is 4.50. The first kappa shape index (κ1) is 19.9. The van der Waals surface area contributed by atoms with Gasteiger partial charge in [-0.3, -0.25) is 0 Å². The van der Waals surface area contributed by atoms with Crippen molar-refractivity contribution in [3.63, 3.8) is 0 Å². The van der Waals surface area contributed by atoms with E-state index in [0.717, 1.165) is 35.1 Å². The summed E-state index contributed by atoms with van der Waals surface area (Å²) in [5.74, 6) is 4.49. The van der Waals surface area contributed by atoms with Crippen molar-refractivity contribution in [3.05, 3.63) is 0 Å². The molecule has 2 unspecified atom stereocenters. The summed E-state index contributed by atoms with van der Waals surface area (Å²) in [6.07, 6.45) is 29.4. The highest BCUT2D eigenvalue weighted by atomic mass is 15.2. The molecule has 1 nitrogen and oxygen atoms in total. The quantitative estimate of drug-likeness (QED) is 0.369. The van der Waals surface area contributed by atoms with Crippen molar-refractivity contribution >= 4 is 0 Å². The van der Waals surface area contributed by atoms with Gasteiger partial charge in [-0.1, -0.05) is 44.9 Å². The molecule has 1 heteroatoms. The van der Waals surface area contributed by atoms with E-state index >= 15 is 0 Å². The molecule has 160 valence electrons. The lowest BCUT2D eigenvalue weighted by Crippen LogP contribution is -2.46. The number of likely N-dealkylation sites (tertiary alicyclic amines) is 1. The highest BCUT2D eigenvalue weighted by Crippen LogP contribution is 2.61. The van der Waals surface area contributed by atoms with E-state index in [0.29, 0.717) is 0 Å². The van der Waals surface area contributed by atoms with Gasteiger partial charge in [0.05, 0.1) is 0 Å². The second kappa shape index (κ2) is 8.99. The van der Waals surface area contributed by atoms with Gasteiger partial charge in [-0.25, -0.2) is 0 Å². The Morgan fingerprint density at radius 3 is 2.00 bits per heavy atom. The zero-order chi connectivity index (χ0) is 18.8. The van der Waals surface area contributed by atoms with Crippen LogP contribution in [0.3, 0.4) is 0 Å². The molecule has 1 saturated heterocycles. The standard InChI is InChI=1S/C27H47N/c1(2-4-8-14-28-15-9-11-25-10-5-6-12-26(25)28)3-7-13-27-19-22-16-23(20-27)18-24(17-22)21-27/h22-26H,1-21H2. The van der Waals surface area contributed by atoms with Crippen LogP contribution >= 0.6 is 0 Å². The largest absolute Gasteiger partial charge is 0.300 e. The van der Waals surface area contributed by atoms with Gasteiger partial charge in [0.25, 0.3) is 0 Å². The van der Waals surface area contributed by atoms with E-state index in [4.69, 9.17) is 0 Å². The Morgan fingerprint density at radius 2 is 1.25 bits per heavy atom. The SMILES string of the molecule is C(CCCCC12CC3CC(CC(C3)C1)C2)CCCN1CCCC2CCCCC21. The molecule has 4 bridgehead atoms. The summed E-state index contributed by atoms with van der Waals surface area (Å²) in [4.78, 5) is 2.90. The fourth-order valence-electron chi connectivity index (χ4n) is 9.12. The zero-order valence-corrected chi connectivity index (χ0v) is 18.7. The Kier molecular flexibility index (Phi) is 6.39. The average molecular weight is 386 g/mol. The molecule has 5 aliphatic carbocycles. The van der Waals surface area contributed by atoms with E-state index in [9.17, 15) is 0 Å². The van der Waals surface area contributed by atoms with Crippen molar-refractivity contribution in [1.82, 2.24) is 4.90 Å². The summed E-state index contributed by atoms with van der Waals surface area (Å²) < 4.78 is 0. The minimum absolute atomic E-state index is 0.833. The number of hydrogen-bond donors (Lipinski definition) is 0. The summed E-state index contributed by atoms with van der Waals surface area (Å²) >= 11 is 0. The van der Waals surface area contributed by atoms with Gasteiger partial charge in [0.1, 0.15) is 0 Å². The molecule has 0 radical (unpaired) electrons. The van der Waals surface area contributed by atoms with Gasteiger partial charge in [-0.2, -0.15) is 0 Å². The van der Waals surface area contributed by atoms with Crippen molar-refractivity contribution in [2.75, 3.05) is 13.1 Å². The molecule has 0 N–H and O–H groups in total. The van der Waals surface area contributed by atoms with Crippen molar-refractivity contribution in [3.8, 4) is 0 Å². The first-order valence-corrected chi connectivity index (χ1v) is 13.5. The number of rotatable bonds is 9. The number of unbranched alkanes of at least 4 members (excludes halogenated alkanes) is 5. The normalized spacial score (nSPS) is 42.6. The Bertz CT molecular complexity index is 459.